The van der Waals surface area contributed by atoms with Crippen molar-refractivity contribution < 1.29 is 14.6 Å². The molecule has 4 rings (SSSR count). The van der Waals surface area contributed by atoms with Crippen LogP contribution in [0.3, 0.4) is 0 Å². The first-order chi connectivity index (χ1) is 14.5. The summed E-state index contributed by atoms with van der Waals surface area (Å²) in [5.74, 6) is 0.00881. The monoisotopic (exact) mass is 459 g/mol. The van der Waals surface area contributed by atoms with Crippen LogP contribution in [0, 0.1) is 5.92 Å². The molecule has 1 heterocycles. The number of ether oxygens (including phenoxy) is 1. The molecule has 6 heteroatoms. The average Bonchev–Trinajstić information content (AvgIpc) is 2.70. The number of aliphatic carboxylic acids is 1. The number of halogens is 2. The topological polar surface area (TPSA) is 49.8 Å². The van der Waals surface area contributed by atoms with E-state index in [4.69, 9.17) is 21.4 Å². The minimum atomic E-state index is -0.679. The highest BCUT2D eigenvalue weighted by molar-refractivity contribution is 6.30. The van der Waals surface area contributed by atoms with Gasteiger partial charge in [-0.3, -0.25) is 9.69 Å². The summed E-state index contributed by atoms with van der Waals surface area (Å²) < 4.78 is 5.91. The lowest BCUT2D eigenvalue weighted by molar-refractivity contribution is -0.147. The molecule has 4 nitrogen and oxygen atoms in total. The van der Waals surface area contributed by atoms with E-state index < -0.39 is 5.97 Å². The van der Waals surface area contributed by atoms with E-state index in [0.717, 1.165) is 35.7 Å². The molecule has 0 amide bonds. The van der Waals surface area contributed by atoms with Gasteiger partial charge in [0.25, 0.3) is 0 Å². The highest BCUT2D eigenvalue weighted by Crippen LogP contribution is 2.34. The maximum Gasteiger partial charge on any atom is 0.309 e. The Morgan fingerprint density at radius 2 is 1.94 bits per heavy atom. The van der Waals surface area contributed by atoms with Gasteiger partial charge in [-0.15, -0.1) is 12.4 Å². The van der Waals surface area contributed by atoms with Crippen molar-refractivity contribution in [2.24, 2.45) is 5.92 Å². The lowest BCUT2D eigenvalue weighted by atomic mass is 9.85. The Bertz CT molecular complexity index is 992. The summed E-state index contributed by atoms with van der Waals surface area (Å²) in [7, 11) is 0. The van der Waals surface area contributed by atoms with Crippen LogP contribution in [-0.2, 0) is 11.2 Å². The van der Waals surface area contributed by atoms with Crippen LogP contribution in [0.5, 0.6) is 5.75 Å². The maximum absolute atomic E-state index is 11.0. The van der Waals surface area contributed by atoms with Crippen molar-refractivity contribution in [2.75, 3.05) is 26.2 Å². The zero-order valence-corrected chi connectivity index (χ0v) is 19.1. The van der Waals surface area contributed by atoms with Gasteiger partial charge in [0, 0.05) is 24.7 Å². The second-order valence-corrected chi connectivity index (χ2v) is 8.48. The standard InChI is InChI=1S/C25H26ClNO3.ClH/c1-17-20(14-27-15-21(16-27)25(28)29)7-6-19-13-23(10-11-24(17)19)30-12-2-3-18-4-8-22(26)9-5-18;/h2-5,8-11,13,21H,6-7,12,14-16H2,1H3,(H,28,29);1H. The lowest BCUT2D eigenvalue weighted by Gasteiger charge is -2.38. The predicted octanol–water partition coefficient (Wildman–Crippen LogP) is 5.59. The Balaban J connectivity index is 0.00000272. The number of likely N-dealkylation sites (tertiary alicyclic amines) is 1. The minimum Gasteiger partial charge on any atom is -0.490 e. The molecule has 0 bridgehead atoms. The highest BCUT2D eigenvalue weighted by atomic mass is 35.5. The molecular formula is C25H27Cl2NO3. The molecule has 2 aliphatic rings. The summed E-state index contributed by atoms with van der Waals surface area (Å²) >= 11 is 5.91. The van der Waals surface area contributed by atoms with E-state index in [9.17, 15) is 4.79 Å². The average molecular weight is 460 g/mol. The Kier molecular flexibility index (Phi) is 7.82. The molecule has 0 aromatic heterocycles. The van der Waals surface area contributed by atoms with E-state index in [-0.39, 0.29) is 18.3 Å². The number of carboxylic acid groups (broad SMARTS) is 1. The maximum atomic E-state index is 11.0. The fourth-order valence-electron chi connectivity index (χ4n) is 4.12. The minimum absolute atomic E-state index is 0. The van der Waals surface area contributed by atoms with Gasteiger partial charge in [-0.25, -0.2) is 0 Å². The zero-order valence-electron chi connectivity index (χ0n) is 17.5. The van der Waals surface area contributed by atoms with Crippen molar-refractivity contribution in [1.29, 1.82) is 0 Å². The first-order valence-electron chi connectivity index (χ1n) is 10.3. The molecule has 164 valence electrons. The van der Waals surface area contributed by atoms with Gasteiger partial charge in [-0.05, 0) is 72.4 Å². The summed E-state index contributed by atoms with van der Waals surface area (Å²) in [5.41, 5.74) is 6.45. The molecule has 0 radical (unpaired) electrons. The van der Waals surface area contributed by atoms with Gasteiger partial charge in [-0.1, -0.05) is 41.4 Å². The number of carboxylic acids is 1. The van der Waals surface area contributed by atoms with E-state index >= 15 is 0 Å². The van der Waals surface area contributed by atoms with Gasteiger partial charge in [0.15, 0.2) is 0 Å². The SMILES string of the molecule is CC1=C(CN2CC(C(=O)O)C2)CCc2cc(OCC=Cc3ccc(Cl)cc3)ccc21.Cl. The Hall–Kier alpha value is -2.27. The van der Waals surface area contributed by atoms with Gasteiger partial charge < -0.3 is 9.84 Å². The summed E-state index contributed by atoms with van der Waals surface area (Å²) in [6, 6.07) is 14.0. The molecule has 1 N–H and O–H groups in total. The number of allylic oxidation sites excluding steroid dienone is 1. The van der Waals surface area contributed by atoms with Crippen LogP contribution >= 0.6 is 24.0 Å². The van der Waals surface area contributed by atoms with Gasteiger partial charge in [0.05, 0.1) is 5.92 Å². The quantitative estimate of drug-likeness (QED) is 0.585. The molecule has 1 aliphatic heterocycles. The molecular weight excluding hydrogens is 433 g/mol. The fourth-order valence-corrected chi connectivity index (χ4v) is 4.25. The Labute approximate surface area is 194 Å². The second kappa shape index (κ2) is 10.4. The van der Waals surface area contributed by atoms with Crippen molar-refractivity contribution in [3.8, 4) is 5.75 Å². The number of fused-ring (bicyclic) bond motifs is 1. The Morgan fingerprint density at radius 3 is 2.65 bits per heavy atom. The van der Waals surface area contributed by atoms with Crippen molar-refractivity contribution in [3.63, 3.8) is 0 Å². The van der Waals surface area contributed by atoms with Crippen LogP contribution in [0.4, 0.5) is 0 Å². The number of hydrogen-bond donors (Lipinski definition) is 1. The van der Waals surface area contributed by atoms with Crippen LogP contribution < -0.4 is 4.74 Å². The van der Waals surface area contributed by atoms with E-state index in [1.54, 1.807) is 0 Å². The molecule has 0 saturated carbocycles. The van der Waals surface area contributed by atoms with E-state index in [1.807, 2.05) is 42.5 Å². The number of aryl methyl sites for hydroxylation is 1. The van der Waals surface area contributed by atoms with Gasteiger partial charge in [0.1, 0.15) is 12.4 Å². The molecule has 1 fully saturated rings. The van der Waals surface area contributed by atoms with Crippen LogP contribution in [0.15, 0.2) is 54.1 Å². The number of rotatable bonds is 7. The molecule has 0 unspecified atom stereocenters. The van der Waals surface area contributed by atoms with Crippen molar-refractivity contribution >= 4 is 41.6 Å². The molecule has 1 aliphatic carbocycles. The molecule has 0 spiro atoms. The van der Waals surface area contributed by atoms with E-state index in [1.165, 1.54) is 22.3 Å². The van der Waals surface area contributed by atoms with Gasteiger partial charge >= 0.3 is 5.97 Å². The van der Waals surface area contributed by atoms with E-state index in [2.05, 4.69) is 24.0 Å². The highest BCUT2D eigenvalue weighted by Gasteiger charge is 2.33. The fraction of sp³-hybridized carbons (Fsp3) is 0.320. The molecule has 31 heavy (non-hydrogen) atoms. The van der Waals surface area contributed by atoms with Gasteiger partial charge in [0.2, 0.25) is 0 Å². The number of benzene rings is 2. The second-order valence-electron chi connectivity index (χ2n) is 8.04. The first-order valence-corrected chi connectivity index (χ1v) is 10.7. The Morgan fingerprint density at radius 1 is 1.19 bits per heavy atom. The van der Waals surface area contributed by atoms with Crippen molar-refractivity contribution in [2.45, 2.75) is 19.8 Å². The van der Waals surface area contributed by atoms with Crippen LogP contribution in [0.2, 0.25) is 5.02 Å². The molecule has 0 atom stereocenters. The summed E-state index contributed by atoms with van der Waals surface area (Å²) in [5, 5.41) is 9.79. The summed E-state index contributed by atoms with van der Waals surface area (Å²) in [6.45, 7) is 4.89. The smallest absolute Gasteiger partial charge is 0.309 e. The number of hydrogen-bond acceptors (Lipinski definition) is 3. The molecule has 2 aromatic rings. The third kappa shape index (κ3) is 5.70. The third-order valence-corrected chi connectivity index (χ3v) is 6.21. The first kappa shape index (κ1) is 23.4. The van der Waals surface area contributed by atoms with Crippen molar-refractivity contribution in [1.82, 2.24) is 4.90 Å². The molecule has 2 aromatic carbocycles. The zero-order chi connectivity index (χ0) is 21.1. The predicted molar refractivity (Wildman–Crippen MR) is 128 cm³/mol. The summed E-state index contributed by atoms with van der Waals surface area (Å²) in [4.78, 5) is 13.2. The van der Waals surface area contributed by atoms with E-state index in [0.29, 0.717) is 19.7 Å². The van der Waals surface area contributed by atoms with Crippen LogP contribution in [0.25, 0.3) is 11.6 Å². The molecule has 1 saturated heterocycles. The largest absolute Gasteiger partial charge is 0.490 e. The summed E-state index contributed by atoms with van der Waals surface area (Å²) in [6.07, 6.45) is 6.05. The third-order valence-electron chi connectivity index (χ3n) is 5.95. The van der Waals surface area contributed by atoms with Crippen LogP contribution in [0.1, 0.15) is 30.0 Å². The number of carbonyl (C=O) groups is 1. The van der Waals surface area contributed by atoms with Gasteiger partial charge in [-0.2, -0.15) is 0 Å². The van der Waals surface area contributed by atoms with Crippen LogP contribution in [-0.4, -0.2) is 42.2 Å². The lowest BCUT2D eigenvalue weighted by Crippen LogP contribution is -2.50. The number of nitrogens with zero attached hydrogens (tertiary/aromatic N) is 1. The normalized spacial score (nSPS) is 16.6. The van der Waals surface area contributed by atoms with Crippen molar-refractivity contribution in [3.05, 3.63) is 75.8 Å².